The standard InChI is InChI=1S/C12H18N2O4S/c1-5-6-18-8-7-19-10(9(8)11(15)17-4)13-12(16)14(2)3/h7H,5-6H2,1-4H3,(H,13,16). The van der Waals surface area contributed by atoms with E-state index in [4.69, 9.17) is 9.47 Å². The van der Waals surface area contributed by atoms with Crippen molar-refractivity contribution < 1.29 is 19.1 Å². The first-order valence-electron chi connectivity index (χ1n) is 5.82. The zero-order valence-electron chi connectivity index (χ0n) is 11.5. The lowest BCUT2D eigenvalue weighted by molar-refractivity contribution is 0.0598. The molecule has 0 unspecified atom stereocenters. The summed E-state index contributed by atoms with van der Waals surface area (Å²) in [5.41, 5.74) is 0.260. The van der Waals surface area contributed by atoms with Crippen molar-refractivity contribution in [1.29, 1.82) is 0 Å². The van der Waals surface area contributed by atoms with Crippen LogP contribution in [-0.2, 0) is 4.74 Å². The number of thiophene rings is 1. The van der Waals surface area contributed by atoms with Crippen molar-refractivity contribution in [1.82, 2.24) is 4.90 Å². The summed E-state index contributed by atoms with van der Waals surface area (Å²) in [5.74, 6) is -0.0887. The monoisotopic (exact) mass is 286 g/mol. The lowest BCUT2D eigenvalue weighted by atomic mass is 10.3. The zero-order chi connectivity index (χ0) is 14.4. The number of rotatable bonds is 5. The number of nitrogens with zero attached hydrogens (tertiary/aromatic N) is 1. The number of urea groups is 1. The average molecular weight is 286 g/mol. The van der Waals surface area contributed by atoms with Gasteiger partial charge in [-0.2, -0.15) is 0 Å². The summed E-state index contributed by atoms with van der Waals surface area (Å²) in [6.07, 6.45) is 0.829. The number of hydrogen-bond donors (Lipinski definition) is 1. The van der Waals surface area contributed by atoms with Gasteiger partial charge < -0.3 is 14.4 Å². The Morgan fingerprint density at radius 3 is 2.63 bits per heavy atom. The van der Waals surface area contributed by atoms with E-state index >= 15 is 0 Å². The Morgan fingerprint density at radius 2 is 2.11 bits per heavy atom. The van der Waals surface area contributed by atoms with Gasteiger partial charge in [0.15, 0.2) is 0 Å². The Morgan fingerprint density at radius 1 is 1.42 bits per heavy atom. The highest BCUT2D eigenvalue weighted by molar-refractivity contribution is 7.15. The average Bonchev–Trinajstić information content (AvgIpc) is 2.78. The molecule has 0 fully saturated rings. The number of nitrogens with one attached hydrogen (secondary N) is 1. The van der Waals surface area contributed by atoms with Gasteiger partial charge in [-0.25, -0.2) is 9.59 Å². The predicted molar refractivity (Wildman–Crippen MR) is 74.2 cm³/mol. The minimum atomic E-state index is -0.526. The summed E-state index contributed by atoms with van der Waals surface area (Å²) in [5, 5.41) is 4.76. The largest absolute Gasteiger partial charge is 0.492 e. The van der Waals surface area contributed by atoms with Crippen LogP contribution in [0.5, 0.6) is 5.75 Å². The van der Waals surface area contributed by atoms with Crippen LogP contribution in [0.1, 0.15) is 23.7 Å². The number of hydrogen-bond acceptors (Lipinski definition) is 5. The third-order valence-corrected chi connectivity index (χ3v) is 3.11. The third-order valence-electron chi connectivity index (χ3n) is 2.24. The molecular formula is C12H18N2O4S. The number of carbonyl (C=O) groups excluding carboxylic acids is 2. The molecule has 2 amide bonds. The van der Waals surface area contributed by atoms with Gasteiger partial charge in [0, 0.05) is 19.5 Å². The molecule has 0 bridgehead atoms. The normalized spacial score (nSPS) is 9.89. The van der Waals surface area contributed by atoms with E-state index in [2.05, 4.69) is 5.32 Å². The van der Waals surface area contributed by atoms with Crippen molar-refractivity contribution in [2.75, 3.05) is 33.1 Å². The van der Waals surface area contributed by atoms with Crippen molar-refractivity contribution in [3.05, 3.63) is 10.9 Å². The van der Waals surface area contributed by atoms with Crippen LogP contribution in [0, 0.1) is 0 Å². The zero-order valence-corrected chi connectivity index (χ0v) is 12.3. The van der Waals surface area contributed by atoms with E-state index in [9.17, 15) is 9.59 Å². The van der Waals surface area contributed by atoms with E-state index < -0.39 is 5.97 Å². The molecule has 7 heteroatoms. The van der Waals surface area contributed by atoms with Gasteiger partial charge in [0.05, 0.1) is 13.7 Å². The Balaban J connectivity index is 3.00. The van der Waals surface area contributed by atoms with E-state index in [0.717, 1.165) is 6.42 Å². The van der Waals surface area contributed by atoms with E-state index in [0.29, 0.717) is 17.4 Å². The van der Waals surface area contributed by atoms with Crippen LogP contribution in [0.2, 0.25) is 0 Å². The molecule has 0 saturated carbocycles. The van der Waals surface area contributed by atoms with Gasteiger partial charge in [-0.1, -0.05) is 6.92 Å². The molecule has 6 nitrogen and oxygen atoms in total. The highest BCUT2D eigenvalue weighted by Gasteiger charge is 2.22. The number of carbonyl (C=O) groups is 2. The van der Waals surface area contributed by atoms with Crippen molar-refractivity contribution in [2.45, 2.75) is 13.3 Å². The molecule has 1 aromatic rings. The van der Waals surface area contributed by atoms with Crippen LogP contribution < -0.4 is 10.1 Å². The second-order valence-electron chi connectivity index (χ2n) is 3.97. The molecule has 1 N–H and O–H groups in total. The van der Waals surface area contributed by atoms with E-state index in [1.807, 2.05) is 6.92 Å². The molecule has 0 aromatic carbocycles. The quantitative estimate of drug-likeness (QED) is 0.844. The van der Waals surface area contributed by atoms with Crippen molar-refractivity contribution in [3.8, 4) is 5.75 Å². The second kappa shape index (κ2) is 6.98. The summed E-state index contributed by atoms with van der Waals surface area (Å²) in [6.45, 7) is 2.47. The molecule has 19 heavy (non-hydrogen) atoms. The summed E-state index contributed by atoms with van der Waals surface area (Å²) in [4.78, 5) is 24.8. The molecule has 0 saturated heterocycles. The van der Waals surface area contributed by atoms with Gasteiger partial charge in [0.25, 0.3) is 0 Å². The molecule has 0 aliphatic rings. The van der Waals surface area contributed by atoms with Gasteiger partial charge in [0.1, 0.15) is 16.3 Å². The maximum Gasteiger partial charge on any atom is 0.344 e. The van der Waals surface area contributed by atoms with Gasteiger partial charge >= 0.3 is 12.0 Å². The third kappa shape index (κ3) is 3.85. The fourth-order valence-electron chi connectivity index (χ4n) is 1.26. The van der Waals surface area contributed by atoms with Crippen LogP contribution in [0.15, 0.2) is 5.38 Å². The predicted octanol–water partition coefficient (Wildman–Crippen LogP) is 2.42. The summed E-state index contributed by atoms with van der Waals surface area (Å²) in [7, 11) is 4.53. The lowest BCUT2D eigenvalue weighted by Crippen LogP contribution is -2.27. The molecule has 0 aliphatic heterocycles. The molecule has 1 rings (SSSR count). The van der Waals surface area contributed by atoms with Crippen LogP contribution in [0.25, 0.3) is 0 Å². The van der Waals surface area contributed by atoms with E-state index in [-0.39, 0.29) is 11.6 Å². The minimum absolute atomic E-state index is 0.260. The van der Waals surface area contributed by atoms with Gasteiger partial charge in [-0.05, 0) is 6.42 Å². The fourth-order valence-corrected chi connectivity index (χ4v) is 2.12. The first-order valence-corrected chi connectivity index (χ1v) is 6.70. The van der Waals surface area contributed by atoms with Crippen molar-refractivity contribution in [2.24, 2.45) is 0 Å². The topological polar surface area (TPSA) is 67.9 Å². The molecule has 0 atom stereocenters. The summed E-state index contributed by atoms with van der Waals surface area (Å²) >= 11 is 1.23. The van der Waals surface area contributed by atoms with Crippen LogP contribution in [0.4, 0.5) is 9.80 Å². The second-order valence-corrected chi connectivity index (χ2v) is 4.85. The molecule has 1 aromatic heterocycles. The highest BCUT2D eigenvalue weighted by Crippen LogP contribution is 2.35. The van der Waals surface area contributed by atoms with Crippen molar-refractivity contribution >= 4 is 28.3 Å². The number of esters is 1. The molecule has 1 heterocycles. The van der Waals surface area contributed by atoms with Gasteiger partial charge in [-0.3, -0.25) is 5.32 Å². The highest BCUT2D eigenvalue weighted by atomic mass is 32.1. The van der Waals surface area contributed by atoms with E-state index in [1.54, 1.807) is 19.5 Å². The smallest absolute Gasteiger partial charge is 0.344 e. The minimum Gasteiger partial charge on any atom is -0.492 e. The lowest BCUT2D eigenvalue weighted by Gasteiger charge is -2.12. The molecule has 106 valence electrons. The molecule has 0 spiro atoms. The Hall–Kier alpha value is -1.76. The summed E-state index contributed by atoms with van der Waals surface area (Å²) in [6, 6.07) is -0.311. The van der Waals surface area contributed by atoms with Gasteiger partial charge in [-0.15, -0.1) is 11.3 Å². The molecular weight excluding hydrogens is 268 g/mol. The Labute approximate surface area is 116 Å². The van der Waals surface area contributed by atoms with Crippen LogP contribution in [0.3, 0.4) is 0 Å². The number of amides is 2. The Kier molecular flexibility index (Phi) is 5.62. The number of anilines is 1. The first-order chi connectivity index (χ1) is 9.01. The number of methoxy groups -OCH3 is 1. The molecule has 0 aliphatic carbocycles. The SMILES string of the molecule is CCCOc1csc(NC(=O)N(C)C)c1C(=O)OC. The molecule has 0 radical (unpaired) electrons. The van der Waals surface area contributed by atoms with Crippen molar-refractivity contribution in [3.63, 3.8) is 0 Å². The fraction of sp³-hybridized carbons (Fsp3) is 0.500. The van der Waals surface area contributed by atoms with E-state index in [1.165, 1.54) is 23.3 Å². The van der Waals surface area contributed by atoms with Crippen LogP contribution >= 0.6 is 11.3 Å². The number of ether oxygens (including phenoxy) is 2. The maximum absolute atomic E-state index is 11.8. The van der Waals surface area contributed by atoms with Gasteiger partial charge in [0.2, 0.25) is 0 Å². The summed E-state index contributed by atoms with van der Waals surface area (Å²) < 4.78 is 10.2. The maximum atomic E-state index is 11.8. The van der Waals surface area contributed by atoms with Crippen LogP contribution in [-0.4, -0.2) is 44.7 Å². The Bertz CT molecular complexity index is 457. The first kappa shape index (κ1) is 15.3.